The SMILES string of the molecule is CC(C)CCNS(=O)(=O)c1ccc(Nc2ncc3c(n2)-c2ccc(Cl)cc2NC(=O)C3)cc1. The summed E-state index contributed by atoms with van der Waals surface area (Å²) in [5, 5.41) is 6.45. The minimum absolute atomic E-state index is 0.151. The first-order valence-electron chi connectivity index (χ1n) is 10.5. The molecular weight excluding hydrogens is 462 g/mol. The number of hydrogen-bond acceptors (Lipinski definition) is 6. The highest BCUT2D eigenvalue weighted by Crippen LogP contribution is 2.34. The van der Waals surface area contributed by atoms with Crippen molar-refractivity contribution in [2.45, 2.75) is 31.6 Å². The van der Waals surface area contributed by atoms with Gasteiger partial charge in [-0.3, -0.25) is 4.79 Å². The van der Waals surface area contributed by atoms with Crippen molar-refractivity contribution >= 4 is 44.9 Å². The van der Waals surface area contributed by atoms with Crippen molar-refractivity contribution in [2.24, 2.45) is 5.92 Å². The second kappa shape index (κ2) is 9.46. The normalized spacial score (nSPS) is 13.2. The smallest absolute Gasteiger partial charge is 0.240 e. The summed E-state index contributed by atoms with van der Waals surface area (Å²) >= 11 is 6.09. The zero-order valence-electron chi connectivity index (χ0n) is 18.2. The molecular formula is C23H24ClN5O3S. The molecule has 0 aliphatic carbocycles. The van der Waals surface area contributed by atoms with E-state index >= 15 is 0 Å². The number of sulfonamides is 1. The molecule has 8 nitrogen and oxygen atoms in total. The molecule has 1 aliphatic rings. The summed E-state index contributed by atoms with van der Waals surface area (Å²) in [4.78, 5) is 21.4. The number of halogens is 1. The predicted molar refractivity (Wildman–Crippen MR) is 129 cm³/mol. The van der Waals surface area contributed by atoms with E-state index in [0.29, 0.717) is 46.1 Å². The lowest BCUT2D eigenvalue weighted by Crippen LogP contribution is -2.25. The second-order valence-electron chi connectivity index (χ2n) is 8.21. The first-order chi connectivity index (χ1) is 15.7. The van der Waals surface area contributed by atoms with E-state index < -0.39 is 10.0 Å². The number of nitrogens with zero attached hydrogens (tertiary/aromatic N) is 2. The van der Waals surface area contributed by atoms with E-state index in [1.54, 1.807) is 30.5 Å². The minimum atomic E-state index is -3.56. The molecule has 3 N–H and O–H groups in total. The van der Waals surface area contributed by atoms with Crippen molar-refractivity contribution in [1.82, 2.24) is 14.7 Å². The van der Waals surface area contributed by atoms with E-state index in [9.17, 15) is 13.2 Å². The minimum Gasteiger partial charge on any atom is -0.325 e. The zero-order chi connectivity index (χ0) is 23.6. The maximum absolute atomic E-state index is 12.4. The van der Waals surface area contributed by atoms with Crippen molar-refractivity contribution in [1.29, 1.82) is 0 Å². The molecule has 10 heteroatoms. The Hall–Kier alpha value is -3.01. The Balaban J connectivity index is 1.55. The van der Waals surface area contributed by atoms with Crippen LogP contribution in [0.25, 0.3) is 11.3 Å². The Morgan fingerprint density at radius 3 is 2.64 bits per heavy atom. The van der Waals surface area contributed by atoms with Crippen LogP contribution >= 0.6 is 11.6 Å². The summed E-state index contributed by atoms with van der Waals surface area (Å²) < 4.78 is 27.5. The topological polar surface area (TPSA) is 113 Å². The number of carbonyl (C=O) groups is 1. The van der Waals surface area contributed by atoms with Crippen molar-refractivity contribution in [2.75, 3.05) is 17.2 Å². The van der Waals surface area contributed by atoms with Gasteiger partial charge in [0.05, 0.1) is 22.7 Å². The Morgan fingerprint density at radius 1 is 1.15 bits per heavy atom. The molecule has 1 aliphatic heterocycles. The Bertz CT molecular complexity index is 1290. The number of benzene rings is 2. The summed E-state index contributed by atoms with van der Waals surface area (Å²) in [5.74, 6) is 0.577. The quantitative estimate of drug-likeness (QED) is 0.458. The predicted octanol–water partition coefficient (Wildman–Crippen LogP) is 4.36. The molecule has 4 rings (SSSR count). The fourth-order valence-corrected chi connectivity index (χ4v) is 4.65. The molecule has 0 atom stereocenters. The molecule has 172 valence electrons. The molecule has 0 saturated heterocycles. The number of nitrogens with one attached hydrogen (secondary N) is 3. The molecule has 0 unspecified atom stereocenters. The summed E-state index contributed by atoms with van der Waals surface area (Å²) in [6, 6.07) is 11.6. The zero-order valence-corrected chi connectivity index (χ0v) is 19.8. The number of carbonyl (C=O) groups excluding carboxylic acids is 1. The van der Waals surface area contributed by atoms with E-state index in [-0.39, 0.29) is 17.2 Å². The third-order valence-electron chi connectivity index (χ3n) is 5.16. The Morgan fingerprint density at radius 2 is 1.91 bits per heavy atom. The number of amides is 1. The van der Waals surface area contributed by atoms with E-state index in [1.807, 2.05) is 19.9 Å². The van der Waals surface area contributed by atoms with Gasteiger partial charge in [-0.05, 0) is 54.8 Å². The molecule has 0 bridgehead atoms. The maximum Gasteiger partial charge on any atom is 0.240 e. The van der Waals surface area contributed by atoms with Crippen LogP contribution in [0.15, 0.2) is 53.6 Å². The van der Waals surface area contributed by atoms with Crippen molar-refractivity contribution in [3.05, 3.63) is 59.2 Å². The van der Waals surface area contributed by atoms with Gasteiger partial charge in [-0.2, -0.15) is 0 Å². The van der Waals surface area contributed by atoms with Gasteiger partial charge >= 0.3 is 0 Å². The molecule has 1 amide bonds. The Labute approximate surface area is 197 Å². The number of hydrogen-bond donors (Lipinski definition) is 3. The first-order valence-corrected chi connectivity index (χ1v) is 12.4. The number of rotatable bonds is 7. The highest BCUT2D eigenvalue weighted by atomic mass is 35.5. The van der Waals surface area contributed by atoms with Crippen LogP contribution in [0.4, 0.5) is 17.3 Å². The van der Waals surface area contributed by atoms with Gasteiger partial charge in [0.2, 0.25) is 21.9 Å². The fraction of sp³-hybridized carbons (Fsp3) is 0.261. The fourth-order valence-electron chi connectivity index (χ4n) is 3.44. The first kappa shape index (κ1) is 23.2. The molecule has 0 spiro atoms. The third-order valence-corrected chi connectivity index (χ3v) is 6.87. The second-order valence-corrected chi connectivity index (χ2v) is 10.4. The monoisotopic (exact) mass is 485 g/mol. The standard InChI is InChI=1S/C23H24ClN5O3S/c1-14(2)9-10-26-33(31,32)18-6-4-17(5-7-18)27-23-25-13-15-11-21(30)28-20-12-16(24)3-8-19(20)22(15)29-23/h3-8,12-14,26H,9-11H2,1-2H3,(H,28,30)(H,25,27,29). The number of anilines is 3. The molecule has 0 radical (unpaired) electrons. The molecule has 33 heavy (non-hydrogen) atoms. The van der Waals surface area contributed by atoms with Gasteiger partial charge < -0.3 is 10.6 Å². The maximum atomic E-state index is 12.4. The lowest BCUT2D eigenvalue weighted by atomic mass is 10.1. The molecule has 2 aromatic carbocycles. The van der Waals surface area contributed by atoms with Crippen LogP contribution in [0.2, 0.25) is 5.02 Å². The van der Waals surface area contributed by atoms with Crippen LogP contribution in [-0.2, 0) is 21.2 Å². The number of aromatic nitrogens is 2. The van der Waals surface area contributed by atoms with Gasteiger partial charge in [-0.1, -0.05) is 25.4 Å². The lowest BCUT2D eigenvalue weighted by molar-refractivity contribution is -0.115. The molecule has 3 aromatic rings. The molecule has 0 saturated carbocycles. The summed E-state index contributed by atoms with van der Waals surface area (Å²) in [6.07, 6.45) is 2.54. The molecule has 0 fully saturated rings. The highest BCUT2D eigenvalue weighted by Gasteiger charge is 2.21. The molecule has 2 heterocycles. The van der Waals surface area contributed by atoms with Gasteiger partial charge in [0.1, 0.15) is 0 Å². The summed E-state index contributed by atoms with van der Waals surface area (Å²) in [7, 11) is -3.56. The highest BCUT2D eigenvalue weighted by molar-refractivity contribution is 7.89. The van der Waals surface area contributed by atoms with Crippen LogP contribution < -0.4 is 15.4 Å². The van der Waals surface area contributed by atoms with Gasteiger partial charge in [-0.15, -0.1) is 0 Å². The van der Waals surface area contributed by atoms with Crippen LogP contribution in [0, 0.1) is 5.92 Å². The Kier molecular flexibility index (Phi) is 6.64. The van der Waals surface area contributed by atoms with Gasteiger partial charge in [0.25, 0.3) is 0 Å². The third kappa shape index (κ3) is 5.50. The average molecular weight is 486 g/mol. The van der Waals surface area contributed by atoms with Crippen LogP contribution in [0.3, 0.4) is 0 Å². The summed E-state index contributed by atoms with van der Waals surface area (Å²) in [5.41, 5.74) is 3.31. The van der Waals surface area contributed by atoms with Crippen molar-refractivity contribution in [3.8, 4) is 11.3 Å². The summed E-state index contributed by atoms with van der Waals surface area (Å²) in [6.45, 7) is 4.48. The van der Waals surface area contributed by atoms with Crippen LogP contribution in [0.5, 0.6) is 0 Å². The average Bonchev–Trinajstić information content (AvgIpc) is 2.88. The van der Waals surface area contributed by atoms with Crippen molar-refractivity contribution in [3.63, 3.8) is 0 Å². The van der Waals surface area contributed by atoms with E-state index in [0.717, 1.165) is 12.0 Å². The van der Waals surface area contributed by atoms with Crippen molar-refractivity contribution < 1.29 is 13.2 Å². The van der Waals surface area contributed by atoms with Gasteiger partial charge in [0.15, 0.2) is 0 Å². The van der Waals surface area contributed by atoms with E-state index in [1.165, 1.54) is 12.1 Å². The van der Waals surface area contributed by atoms with Crippen LogP contribution in [0.1, 0.15) is 25.8 Å². The lowest BCUT2D eigenvalue weighted by Gasteiger charge is -2.11. The van der Waals surface area contributed by atoms with Crippen LogP contribution in [-0.4, -0.2) is 30.8 Å². The van der Waals surface area contributed by atoms with E-state index in [2.05, 4.69) is 25.3 Å². The largest absolute Gasteiger partial charge is 0.325 e. The number of fused-ring (bicyclic) bond motifs is 3. The van der Waals surface area contributed by atoms with Gasteiger partial charge in [0, 0.05) is 34.6 Å². The van der Waals surface area contributed by atoms with E-state index in [4.69, 9.17) is 11.6 Å². The molecule has 1 aromatic heterocycles. The van der Waals surface area contributed by atoms with Gasteiger partial charge in [-0.25, -0.2) is 23.1 Å².